The van der Waals surface area contributed by atoms with Crippen molar-refractivity contribution in [2.45, 2.75) is 19.4 Å². The van der Waals surface area contributed by atoms with Gasteiger partial charge in [-0.1, -0.05) is 18.2 Å². The van der Waals surface area contributed by atoms with Crippen LogP contribution in [0.4, 0.5) is 0 Å². The number of carboxylic acid groups (broad SMARTS) is 1. The Kier molecular flexibility index (Phi) is 5.52. The number of methoxy groups -OCH3 is 1. The lowest BCUT2D eigenvalue weighted by Crippen LogP contribution is -2.37. The quantitative estimate of drug-likeness (QED) is 0.881. The van der Waals surface area contributed by atoms with Crippen LogP contribution in [0.3, 0.4) is 0 Å². The molecule has 0 aliphatic heterocycles. The van der Waals surface area contributed by atoms with Gasteiger partial charge in [0.05, 0.1) is 12.7 Å². The Hall–Kier alpha value is -2.89. The van der Waals surface area contributed by atoms with E-state index in [2.05, 4.69) is 4.98 Å². The number of aromatic nitrogens is 1. The monoisotopic (exact) mass is 328 g/mol. The fourth-order valence-corrected chi connectivity index (χ4v) is 2.39. The molecule has 2 aromatic rings. The predicted octanol–water partition coefficient (Wildman–Crippen LogP) is 2.49. The number of nitrogens with zero attached hydrogens (tertiary/aromatic N) is 2. The van der Waals surface area contributed by atoms with Crippen molar-refractivity contribution in [3.05, 3.63) is 59.4 Å². The maximum atomic E-state index is 12.5. The summed E-state index contributed by atoms with van der Waals surface area (Å²) in [6.07, 6.45) is 1.94. The molecule has 0 fully saturated rings. The number of hydrogen-bond acceptors (Lipinski definition) is 4. The molecule has 1 atom stereocenters. The van der Waals surface area contributed by atoms with Crippen LogP contribution in [0.5, 0.6) is 5.75 Å². The van der Waals surface area contributed by atoms with Gasteiger partial charge in [0, 0.05) is 19.3 Å². The number of amides is 1. The van der Waals surface area contributed by atoms with Crippen molar-refractivity contribution >= 4 is 11.9 Å². The van der Waals surface area contributed by atoms with Gasteiger partial charge in [-0.05, 0) is 37.1 Å². The lowest BCUT2D eigenvalue weighted by molar-refractivity contribution is 0.0696. The van der Waals surface area contributed by atoms with Crippen molar-refractivity contribution in [2.75, 3.05) is 14.2 Å². The van der Waals surface area contributed by atoms with Gasteiger partial charge in [0.2, 0.25) is 0 Å². The first-order chi connectivity index (χ1) is 11.4. The Morgan fingerprint density at radius 3 is 2.67 bits per heavy atom. The number of carboxylic acids is 1. The molecule has 0 spiro atoms. The molecule has 6 nitrogen and oxygen atoms in total. The zero-order valence-electron chi connectivity index (χ0n) is 13.9. The second-order valence-corrected chi connectivity index (χ2v) is 5.52. The van der Waals surface area contributed by atoms with Crippen LogP contribution in [0.25, 0.3) is 0 Å². The van der Waals surface area contributed by atoms with E-state index >= 15 is 0 Å². The van der Waals surface area contributed by atoms with Crippen LogP contribution in [0, 0.1) is 0 Å². The summed E-state index contributed by atoms with van der Waals surface area (Å²) in [7, 11) is 3.29. The highest BCUT2D eigenvalue weighted by Crippen LogP contribution is 2.20. The molecule has 0 radical (unpaired) electrons. The number of aromatic carboxylic acids is 1. The number of carbonyl (C=O) groups is 2. The van der Waals surface area contributed by atoms with Crippen LogP contribution in [0.15, 0.2) is 42.6 Å². The Labute approximate surface area is 140 Å². The van der Waals surface area contributed by atoms with E-state index in [9.17, 15) is 9.59 Å². The van der Waals surface area contributed by atoms with Gasteiger partial charge in [0.15, 0.2) is 0 Å². The Bertz CT molecular complexity index is 745. The summed E-state index contributed by atoms with van der Waals surface area (Å²) in [5.74, 6) is -0.632. The average Bonchev–Trinajstić information content (AvgIpc) is 2.60. The van der Waals surface area contributed by atoms with Crippen molar-refractivity contribution in [1.29, 1.82) is 0 Å². The first kappa shape index (κ1) is 17.5. The van der Waals surface area contributed by atoms with E-state index < -0.39 is 5.97 Å². The molecule has 0 saturated heterocycles. The topological polar surface area (TPSA) is 79.7 Å². The Balaban J connectivity index is 2.15. The molecule has 2 rings (SSSR count). The van der Waals surface area contributed by atoms with Crippen LogP contribution in [-0.2, 0) is 6.42 Å². The number of hydrogen-bond donors (Lipinski definition) is 1. The standard InChI is InChI=1S/C18H20N2O4/c1-12(10-13-6-4-5-7-16(13)24-3)20(2)17(21)15-11-14(18(22)23)8-9-19-15/h4-9,11-12H,10H2,1-3H3,(H,22,23)/t12-/m0/s1. The molecule has 6 heteroatoms. The van der Waals surface area contributed by atoms with Gasteiger partial charge in [0.1, 0.15) is 11.4 Å². The minimum Gasteiger partial charge on any atom is -0.496 e. The van der Waals surface area contributed by atoms with Gasteiger partial charge in [-0.3, -0.25) is 9.78 Å². The van der Waals surface area contributed by atoms with E-state index in [1.807, 2.05) is 31.2 Å². The smallest absolute Gasteiger partial charge is 0.335 e. The summed E-state index contributed by atoms with van der Waals surface area (Å²) in [6.45, 7) is 1.92. The summed E-state index contributed by atoms with van der Waals surface area (Å²) < 4.78 is 5.33. The zero-order chi connectivity index (χ0) is 17.7. The molecule has 1 aromatic heterocycles. The molecule has 0 unspecified atom stereocenters. The minimum atomic E-state index is -1.09. The average molecular weight is 328 g/mol. The van der Waals surface area contributed by atoms with E-state index in [0.717, 1.165) is 11.3 Å². The largest absolute Gasteiger partial charge is 0.496 e. The SMILES string of the molecule is COc1ccccc1C[C@H](C)N(C)C(=O)c1cc(C(=O)O)ccn1. The van der Waals surface area contributed by atoms with Crippen LogP contribution >= 0.6 is 0 Å². The number of pyridine rings is 1. The van der Waals surface area contributed by atoms with Gasteiger partial charge in [0.25, 0.3) is 5.91 Å². The molecular weight excluding hydrogens is 308 g/mol. The number of para-hydroxylation sites is 1. The molecule has 1 aromatic carbocycles. The second kappa shape index (κ2) is 7.59. The van der Waals surface area contributed by atoms with Crippen molar-refractivity contribution in [2.24, 2.45) is 0 Å². The van der Waals surface area contributed by atoms with Crippen molar-refractivity contribution in [3.8, 4) is 5.75 Å². The third-order valence-electron chi connectivity index (χ3n) is 3.92. The van der Waals surface area contributed by atoms with Gasteiger partial charge >= 0.3 is 5.97 Å². The first-order valence-electron chi connectivity index (χ1n) is 7.52. The summed E-state index contributed by atoms with van der Waals surface area (Å²) in [5.41, 5.74) is 1.16. The van der Waals surface area contributed by atoms with Gasteiger partial charge in [-0.15, -0.1) is 0 Å². The van der Waals surface area contributed by atoms with E-state index in [-0.39, 0.29) is 23.2 Å². The summed E-state index contributed by atoms with van der Waals surface area (Å²) in [4.78, 5) is 29.1. The highest BCUT2D eigenvalue weighted by atomic mass is 16.5. The second-order valence-electron chi connectivity index (χ2n) is 5.52. The van der Waals surface area contributed by atoms with Gasteiger partial charge < -0.3 is 14.7 Å². The Morgan fingerprint density at radius 1 is 1.29 bits per heavy atom. The molecule has 1 heterocycles. The summed E-state index contributed by atoms with van der Waals surface area (Å²) in [5, 5.41) is 9.02. The fraction of sp³-hybridized carbons (Fsp3) is 0.278. The molecule has 0 saturated carbocycles. The summed E-state index contributed by atoms with van der Waals surface area (Å²) in [6, 6.07) is 10.2. The molecule has 1 N–H and O–H groups in total. The minimum absolute atomic E-state index is 0.0409. The zero-order valence-corrected chi connectivity index (χ0v) is 13.9. The maximum absolute atomic E-state index is 12.5. The number of rotatable bonds is 6. The molecule has 126 valence electrons. The third-order valence-corrected chi connectivity index (χ3v) is 3.92. The first-order valence-corrected chi connectivity index (χ1v) is 7.52. The number of likely N-dealkylation sites (N-methyl/N-ethyl adjacent to an activating group) is 1. The number of ether oxygens (including phenoxy) is 1. The van der Waals surface area contributed by atoms with Crippen LogP contribution in [0.1, 0.15) is 33.3 Å². The van der Waals surface area contributed by atoms with Crippen LogP contribution in [-0.4, -0.2) is 47.1 Å². The van der Waals surface area contributed by atoms with E-state index in [1.165, 1.54) is 18.3 Å². The van der Waals surface area contributed by atoms with Crippen molar-refractivity contribution in [1.82, 2.24) is 9.88 Å². The molecule has 0 bridgehead atoms. The Morgan fingerprint density at radius 2 is 2.00 bits per heavy atom. The lowest BCUT2D eigenvalue weighted by Gasteiger charge is -2.25. The van der Waals surface area contributed by atoms with E-state index in [4.69, 9.17) is 9.84 Å². The molecule has 0 aliphatic rings. The van der Waals surface area contributed by atoms with Crippen LogP contribution in [0.2, 0.25) is 0 Å². The third kappa shape index (κ3) is 3.90. The number of carbonyl (C=O) groups excluding carboxylic acids is 1. The number of benzene rings is 1. The predicted molar refractivity (Wildman–Crippen MR) is 89.4 cm³/mol. The highest BCUT2D eigenvalue weighted by molar-refractivity contribution is 5.95. The van der Waals surface area contributed by atoms with Gasteiger partial charge in [-0.25, -0.2) is 4.79 Å². The maximum Gasteiger partial charge on any atom is 0.335 e. The molecule has 0 aliphatic carbocycles. The summed E-state index contributed by atoms with van der Waals surface area (Å²) >= 11 is 0. The molecular formula is C18H20N2O4. The van der Waals surface area contributed by atoms with E-state index in [0.29, 0.717) is 6.42 Å². The normalized spacial score (nSPS) is 11.6. The van der Waals surface area contributed by atoms with Crippen molar-refractivity contribution in [3.63, 3.8) is 0 Å². The van der Waals surface area contributed by atoms with Crippen LogP contribution < -0.4 is 4.74 Å². The van der Waals surface area contributed by atoms with Crippen molar-refractivity contribution < 1.29 is 19.4 Å². The molecule has 1 amide bonds. The fourth-order valence-electron chi connectivity index (χ4n) is 2.39. The highest BCUT2D eigenvalue weighted by Gasteiger charge is 2.21. The van der Waals surface area contributed by atoms with E-state index in [1.54, 1.807) is 19.1 Å². The lowest BCUT2D eigenvalue weighted by atomic mass is 10.0. The molecule has 24 heavy (non-hydrogen) atoms. The van der Waals surface area contributed by atoms with Gasteiger partial charge in [-0.2, -0.15) is 0 Å².